The van der Waals surface area contributed by atoms with Gasteiger partial charge in [-0.25, -0.2) is 4.79 Å². The van der Waals surface area contributed by atoms with E-state index in [4.69, 9.17) is 15.9 Å². The van der Waals surface area contributed by atoms with Crippen LogP contribution in [0.25, 0.3) is 6.08 Å². The minimum absolute atomic E-state index is 0.155. The zero-order valence-electron chi connectivity index (χ0n) is 14.1. The molecule has 23 heavy (non-hydrogen) atoms. The van der Waals surface area contributed by atoms with Crippen molar-refractivity contribution in [2.75, 3.05) is 21.3 Å². The summed E-state index contributed by atoms with van der Waals surface area (Å²) in [6.45, 7) is 1.90. The standard InChI is InChI=1S/C19H23NO3/c1-6-13(2)20(3)18(19(21)23-5)16-8-7-15-12-17(22-4)10-9-14(15)11-16/h1,9-13,18H,7-8H2,2-5H3/t13-,18+/m1/s1. The van der Waals surface area contributed by atoms with E-state index in [2.05, 4.69) is 12.0 Å². The lowest BCUT2D eigenvalue weighted by atomic mass is 9.87. The Kier molecular flexibility index (Phi) is 5.46. The molecule has 0 fully saturated rings. The number of ether oxygens (including phenoxy) is 2. The molecule has 1 aromatic carbocycles. The second-order valence-corrected chi connectivity index (χ2v) is 5.72. The third-order valence-electron chi connectivity index (χ3n) is 4.41. The van der Waals surface area contributed by atoms with Gasteiger partial charge >= 0.3 is 5.97 Å². The molecule has 0 saturated carbocycles. The maximum atomic E-state index is 12.3. The number of carbonyl (C=O) groups excluding carboxylic acids is 1. The van der Waals surface area contributed by atoms with E-state index in [1.165, 1.54) is 12.7 Å². The van der Waals surface area contributed by atoms with Crippen LogP contribution in [0.4, 0.5) is 0 Å². The summed E-state index contributed by atoms with van der Waals surface area (Å²) in [5.41, 5.74) is 3.37. The summed E-state index contributed by atoms with van der Waals surface area (Å²) in [6.07, 6.45) is 9.24. The minimum atomic E-state index is -0.457. The number of carbonyl (C=O) groups is 1. The molecule has 122 valence electrons. The number of fused-ring (bicyclic) bond motifs is 1. The molecule has 4 heteroatoms. The number of esters is 1. The lowest BCUT2D eigenvalue weighted by molar-refractivity contribution is -0.145. The molecule has 2 rings (SSSR count). The highest BCUT2D eigenvalue weighted by molar-refractivity contribution is 5.82. The van der Waals surface area contributed by atoms with E-state index in [9.17, 15) is 4.79 Å². The van der Waals surface area contributed by atoms with Gasteiger partial charge < -0.3 is 9.47 Å². The fourth-order valence-electron chi connectivity index (χ4n) is 2.86. The van der Waals surface area contributed by atoms with Crippen molar-refractivity contribution in [2.24, 2.45) is 0 Å². The summed E-state index contributed by atoms with van der Waals surface area (Å²) in [5, 5.41) is 0. The highest BCUT2D eigenvalue weighted by Crippen LogP contribution is 2.30. The van der Waals surface area contributed by atoms with Gasteiger partial charge in [-0.2, -0.15) is 0 Å². The van der Waals surface area contributed by atoms with Crippen LogP contribution < -0.4 is 4.74 Å². The van der Waals surface area contributed by atoms with Crippen LogP contribution in [0.3, 0.4) is 0 Å². The molecule has 1 aliphatic rings. The number of rotatable bonds is 5. The highest BCUT2D eigenvalue weighted by Gasteiger charge is 2.31. The van der Waals surface area contributed by atoms with Gasteiger partial charge in [-0.15, -0.1) is 6.42 Å². The molecule has 1 aromatic rings. The fourth-order valence-corrected chi connectivity index (χ4v) is 2.86. The topological polar surface area (TPSA) is 38.8 Å². The lowest BCUT2D eigenvalue weighted by Gasteiger charge is -2.32. The Morgan fingerprint density at radius 3 is 2.70 bits per heavy atom. The van der Waals surface area contributed by atoms with Gasteiger partial charge in [0.25, 0.3) is 0 Å². The zero-order valence-corrected chi connectivity index (χ0v) is 14.1. The molecule has 0 spiro atoms. The Morgan fingerprint density at radius 1 is 1.35 bits per heavy atom. The van der Waals surface area contributed by atoms with Crippen molar-refractivity contribution in [1.29, 1.82) is 0 Å². The molecule has 4 nitrogen and oxygen atoms in total. The van der Waals surface area contributed by atoms with Gasteiger partial charge in [-0.1, -0.05) is 18.1 Å². The van der Waals surface area contributed by atoms with Gasteiger partial charge in [0.1, 0.15) is 11.8 Å². The number of aryl methyl sites for hydroxylation is 1. The maximum Gasteiger partial charge on any atom is 0.327 e. The van der Waals surface area contributed by atoms with Gasteiger partial charge in [0.15, 0.2) is 0 Å². The zero-order chi connectivity index (χ0) is 17.0. The van der Waals surface area contributed by atoms with E-state index in [0.29, 0.717) is 0 Å². The third-order valence-corrected chi connectivity index (χ3v) is 4.41. The van der Waals surface area contributed by atoms with Crippen LogP contribution in [-0.2, 0) is 16.0 Å². The van der Waals surface area contributed by atoms with Crippen molar-refractivity contribution in [3.63, 3.8) is 0 Å². The molecule has 0 unspecified atom stereocenters. The largest absolute Gasteiger partial charge is 0.497 e. The van der Waals surface area contributed by atoms with Crippen LogP contribution in [0.15, 0.2) is 23.8 Å². The Bertz CT molecular complexity index is 657. The van der Waals surface area contributed by atoms with Gasteiger partial charge in [-0.05, 0) is 55.6 Å². The van der Waals surface area contributed by atoms with Gasteiger partial charge in [0, 0.05) is 0 Å². The first-order chi connectivity index (χ1) is 11.0. The summed E-state index contributed by atoms with van der Waals surface area (Å²) in [7, 11) is 4.93. The predicted molar refractivity (Wildman–Crippen MR) is 91.2 cm³/mol. The first-order valence-electron chi connectivity index (χ1n) is 7.65. The fraction of sp³-hybridized carbons (Fsp3) is 0.421. The smallest absolute Gasteiger partial charge is 0.327 e. The number of benzene rings is 1. The van der Waals surface area contributed by atoms with Crippen molar-refractivity contribution < 1.29 is 14.3 Å². The number of likely N-dealkylation sites (N-methyl/N-ethyl adjacent to an activating group) is 1. The molecule has 0 amide bonds. The van der Waals surface area contributed by atoms with E-state index in [1.54, 1.807) is 7.11 Å². The van der Waals surface area contributed by atoms with Gasteiger partial charge in [-0.3, -0.25) is 4.90 Å². The summed E-state index contributed by atoms with van der Waals surface area (Å²) >= 11 is 0. The van der Waals surface area contributed by atoms with Crippen molar-refractivity contribution >= 4 is 12.0 Å². The van der Waals surface area contributed by atoms with Crippen molar-refractivity contribution in [1.82, 2.24) is 4.90 Å². The average Bonchev–Trinajstić information content (AvgIpc) is 2.60. The van der Waals surface area contributed by atoms with Crippen molar-refractivity contribution in [3.05, 3.63) is 34.9 Å². The molecular weight excluding hydrogens is 290 g/mol. The Labute approximate surface area is 138 Å². The molecule has 0 radical (unpaired) electrons. The summed E-state index contributed by atoms with van der Waals surface area (Å²) in [6, 6.07) is 5.38. The molecule has 0 aliphatic heterocycles. The van der Waals surface area contributed by atoms with Crippen LogP contribution in [0.1, 0.15) is 24.5 Å². The normalized spacial score (nSPS) is 15.9. The van der Waals surface area contributed by atoms with E-state index >= 15 is 0 Å². The van der Waals surface area contributed by atoms with Crippen LogP contribution in [0.2, 0.25) is 0 Å². The number of hydrogen-bond acceptors (Lipinski definition) is 4. The van der Waals surface area contributed by atoms with E-state index < -0.39 is 6.04 Å². The number of methoxy groups -OCH3 is 2. The van der Waals surface area contributed by atoms with Crippen LogP contribution >= 0.6 is 0 Å². The summed E-state index contributed by atoms with van der Waals surface area (Å²) in [4.78, 5) is 14.2. The second kappa shape index (κ2) is 7.34. The molecule has 2 atom stereocenters. The summed E-state index contributed by atoms with van der Waals surface area (Å²) in [5.74, 6) is 3.24. The molecule has 0 saturated heterocycles. The first-order valence-corrected chi connectivity index (χ1v) is 7.65. The Balaban J connectivity index is 2.38. The highest BCUT2D eigenvalue weighted by atomic mass is 16.5. The van der Waals surface area contributed by atoms with E-state index in [0.717, 1.165) is 29.7 Å². The van der Waals surface area contributed by atoms with Crippen LogP contribution in [-0.4, -0.2) is 44.2 Å². The number of terminal acetylenes is 1. The average molecular weight is 313 g/mol. The van der Waals surface area contributed by atoms with E-state index in [1.807, 2.05) is 37.1 Å². The molecule has 1 aliphatic carbocycles. The Hall–Kier alpha value is -2.25. The second-order valence-electron chi connectivity index (χ2n) is 5.72. The SMILES string of the molecule is C#C[C@@H](C)N(C)[C@H](C(=O)OC)C1=Cc2ccc(OC)cc2CC1. The molecule has 0 heterocycles. The van der Waals surface area contributed by atoms with E-state index in [-0.39, 0.29) is 12.0 Å². The van der Waals surface area contributed by atoms with Crippen LogP contribution in [0, 0.1) is 12.3 Å². The number of nitrogens with zero attached hydrogens (tertiary/aromatic N) is 1. The Morgan fingerprint density at radius 2 is 2.09 bits per heavy atom. The van der Waals surface area contributed by atoms with Gasteiger partial charge in [0.05, 0.1) is 20.3 Å². The van der Waals surface area contributed by atoms with Crippen LogP contribution in [0.5, 0.6) is 5.75 Å². The monoisotopic (exact) mass is 313 g/mol. The van der Waals surface area contributed by atoms with Crippen molar-refractivity contribution in [2.45, 2.75) is 31.8 Å². The summed E-state index contributed by atoms with van der Waals surface area (Å²) < 4.78 is 10.3. The molecule has 0 N–H and O–H groups in total. The minimum Gasteiger partial charge on any atom is -0.497 e. The van der Waals surface area contributed by atoms with Gasteiger partial charge in [0.2, 0.25) is 0 Å². The molecule has 0 aromatic heterocycles. The maximum absolute atomic E-state index is 12.3. The molecule has 0 bridgehead atoms. The first kappa shape index (κ1) is 17.1. The quantitative estimate of drug-likeness (QED) is 0.618. The lowest BCUT2D eigenvalue weighted by Crippen LogP contribution is -2.45. The number of hydrogen-bond donors (Lipinski definition) is 0. The predicted octanol–water partition coefficient (Wildman–Crippen LogP) is 2.52. The molecular formula is C19H23NO3. The van der Waals surface area contributed by atoms with Crippen molar-refractivity contribution in [3.8, 4) is 18.1 Å². The third kappa shape index (κ3) is 3.57.